The second kappa shape index (κ2) is 18.1. The number of carbonyl (C=O) groups excluding carboxylic acids is 4. The summed E-state index contributed by atoms with van der Waals surface area (Å²) in [4.78, 5) is 69.1. The average molecular weight is 862 g/mol. The van der Waals surface area contributed by atoms with Crippen LogP contribution in [0.4, 0.5) is 0 Å². The van der Waals surface area contributed by atoms with E-state index in [-0.39, 0.29) is 36.7 Å². The maximum Gasteiger partial charge on any atom is 0.357 e. The molecule has 2 aliphatic rings. The van der Waals surface area contributed by atoms with E-state index in [2.05, 4.69) is 53.8 Å². The van der Waals surface area contributed by atoms with Gasteiger partial charge in [-0.05, 0) is 56.2 Å². The molecule has 6 aromatic rings. The second-order valence-corrected chi connectivity index (χ2v) is 15.2. The fourth-order valence-electron chi connectivity index (χ4n) is 6.64. The zero-order valence-electron chi connectivity index (χ0n) is 35.6. The smallest absolute Gasteiger partial charge is 0.357 e. The molecule has 2 atom stereocenters. The maximum absolute atomic E-state index is 12.4. The average Bonchev–Trinajstić information content (AvgIpc) is 4.07. The molecule has 2 aliphatic heterocycles. The van der Waals surface area contributed by atoms with E-state index < -0.39 is 34.9 Å². The molecular weight excluding hydrogens is 819 g/mol. The molecule has 0 radical (unpaired) electrons. The Labute approximate surface area is 367 Å². The molecule has 0 bridgehead atoms. The topological polar surface area (TPSA) is 238 Å². The third-order valence-electron chi connectivity index (χ3n) is 10.1. The molecule has 4 aromatic heterocycles. The lowest BCUT2D eigenvalue weighted by Crippen LogP contribution is -2.37. The maximum atomic E-state index is 12.4. The first-order chi connectivity index (χ1) is 30.5. The quantitative estimate of drug-likeness (QED) is 0.155. The molecule has 324 valence electrons. The number of aryl methyl sites for hydroxylation is 2. The zero-order chi connectivity index (χ0) is 45.8. The largest absolute Gasteiger partial charge is 0.461 e. The summed E-state index contributed by atoms with van der Waals surface area (Å²) >= 11 is 0. The molecular formula is C46H43N11O7. The lowest BCUT2D eigenvalue weighted by Gasteiger charge is -2.13. The highest BCUT2D eigenvalue weighted by molar-refractivity contribution is 5.92. The van der Waals surface area contributed by atoms with E-state index in [0.29, 0.717) is 52.8 Å². The summed E-state index contributed by atoms with van der Waals surface area (Å²) in [6, 6.07) is 17.0. The number of nitrogens with zero attached hydrogens (tertiary/aromatic N) is 10. The summed E-state index contributed by atoms with van der Waals surface area (Å²) in [5.74, 6) is 10.5. The predicted octanol–water partition coefficient (Wildman–Crippen LogP) is 2.44. The van der Waals surface area contributed by atoms with Gasteiger partial charge in [-0.1, -0.05) is 47.9 Å². The first kappa shape index (κ1) is 44.0. The van der Waals surface area contributed by atoms with Gasteiger partial charge in [0.25, 0.3) is 17.7 Å². The van der Waals surface area contributed by atoms with E-state index in [0.717, 1.165) is 11.1 Å². The van der Waals surface area contributed by atoms with Gasteiger partial charge in [0.1, 0.15) is 5.69 Å². The van der Waals surface area contributed by atoms with Crippen molar-refractivity contribution >= 4 is 23.7 Å². The summed E-state index contributed by atoms with van der Waals surface area (Å²) in [6.07, 6.45) is 7.44. The van der Waals surface area contributed by atoms with Gasteiger partial charge in [-0.3, -0.25) is 14.4 Å². The van der Waals surface area contributed by atoms with Crippen LogP contribution in [0.5, 0.6) is 0 Å². The number of nitrogens with two attached hydrogens (primary N) is 1. The Balaban J connectivity index is 0.000000192. The molecule has 18 heteroatoms. The van der Waals surface area contributed by atoms with Crippen molar-refractivity contribution in [3.8, 4) is 58.1 Å². The van der Waals surface area contributed by atoms with Crippen LogP contribution in [-0.4, -0.2) is 128 Å². The van der Waals surface area contributed by atoms with Crippen LogP contribution in [0.25, 0.3) is 34.4 Å². The Morgan fingerprint density at radius 3 is 1.56 bits per heavy atom. The molecule has 0 unspecified atom stereocenters. The lowest BCUT2D eigenvalue weighted by molar-refractivity contribution is -0.138. The van der Waals surface area contributed by atoms with Crippen molar-refractivity contribution in [2.24, 2.45) is 5.73 Å². The van der Waals surface area contributed by atoms with Gasteiger partial charge < -0.3 is 30.5 Å². The van der Waals surface area contributed by atoms with Gasteiger partial charge in [-0.25, -0.2) is 34.1 Å². The summed E-state index contributed by atoms with van der Waals surface area (Å²) < 4.78 is 8.22. The number of ether oxygens (including phenoxy) is 1. The van der Waals surface area contributed by atoms with Gasteiger partial charge in [-0.15, -0.1) is 0 Å². The Morgan fingerprint density at radius 1 is 0.719 bits per heavy atom. The lowest BCUT2D eigenvalue weighted by atomic mass is 10.0. The Bertz CT molecular complexity index is 2940. The fourth-order valence-corrected chi connectivity index (χ4v) is 6.64. The first-order valence-corrected chi connectivity index (χ1v) is 20.1. The molecule has 64 heavy (non-hydrogen) atoms. The molecule has 2 aromatic carbocycles. The van der Waals surface area contributed by atoms with Crippen molar-refractivity contribution in [3.05, 3.63) is 119 Å². The Morgan fingerprint density at radius 2 is 1.17 bits per heavy atom. The molecule has 0 saturated carbocycles. The molecule has 0 spiro atoms. The fraction of sp³-hybridized carbons (Fsp3) is 0.261. The molecule has 4 N–H and O–H groups in total. The second-order valence-electron chi connectivity index (χ2n) is 15.2. The van der Waals surface area contributed by atoms with Crippen molar-refractivity contribution in [3.63, 3.8) is 0 Å². The van der Waals surface area contributed by atoms with Gasteiger partial charge in [0.15, 0.2) is 29.0 Å². The van der Waals surface area contributed by atoms with Crippen molar-refractivity contribution in [2.75, 3.05) is 33.8 Å². The molecule has 8 rings (SSSR count). The van der Waals surface area contributed by atoms with Crippen molar-refractivity contribution in [1.82, 2.24) is 49.3 Å². The van der Waals surface area contributed by atoms with Crippen LogP contribution in [-0.2, 0) is 14.3 Å². The number of hydrogen-bond donors (Lipinski definition) is 3. The molecule has 18 nitrogen and oxygen atoms in total. The number of primary amides is 1. The van der Waals surface area contributed by atoms with Crippen LogP contribution in [0.1, 0.15) is 63.0 Å². The third kappa shape index (κ3) is 9.68. The summed E-state index contributed by atoms with van der Waals surface area (Å²) in [6.45, 7) is 6.64. The number of likely N-dealkylation sites (tertiary alicyclic amines) is 2. The van der Waals surface area contributed by atoms with E-state index >= 15 is 0 Å². The van der Waals surface area contributed by atoms with Gasteiger partial charge >= 0.3 is 5.97 Å². The number of hydrogen-bond acceptors (Lipinski definition) is 13. The molecule has 0 aliphatic carbocycles. The Kier molecular flexibility index (Phi) is 12.5. The van der Waals surface area contributed by atoms with Crippen molar-refractivity contribution < 1.29 is 34.1 Å². The van der Waals surface area contributed by atoms with E-state index in [9.17, 15) is 29.4 Å². The van der Waals surface area contributed by atoms with Gasteiger partial charge in [0.2, 0.25) is 11.2 Å². The van der Waals surface area contributed by atoms with Gasteiger partial charge in [0, 0.05) is 86.8 Å². The SMILES string of the molecule is CCOC(=O)c1cc(-n2cc(C)cn2)nc(-c2cccc(C#C[C@]3(O)CCN(C)C3=O)c2)n1.Cc1cnn(-c2cc(C(N)=O)nc(-c3cccc(C#C[C@]4(O)CCN(C)C4=O)c3)n2)c1. The predicted molar refractivity (Wildman–Crippen MR) is 231 cm³/mol. The van der Waals surface area contributed by atoms with E-state index in [1.54, 1.807) is 99.0 Å². The number of amides is 3. The number of rotatable bonds is 7. The van der Waals surface area contributed by atoms with Crippen LogP contribution in [0.3, 0.4) is 0 Å². The van der Waals surface area contributed by atoms with Gasteiger partial charge in [-0.2, -0.15) is 10.2 Å². The number of esters is 1. The number of aromatic nitrogens is 8. The number of likely N-dealkylation sites (N-methyl/N-ethyl adjacent to an activating group) is 2. The van der Waals surface area contributed by atoms with Crippen LogP contribution < -0.4 is 5.73 Å². The molecule has 6 heterocycles. The highest BCUT2D eigenvalue weighted by Gasteiger charge is 2.43. The van der Waals surface area contributed by atoms with Crippen LogP contribution in [0, 0.1) is 37.5 Å². The summed E-state index contributed by atoms with van der Waals surface area (Å²) in [5.41, 5.74) is 6.47. The van der Waals surface area contributed by atoms with Crippen LogP contribution in [0.15, 0.2) is 85.5 Å². The Hall–Kier alpha value is -8.06. The standard InChI is InChI=1S/C24H23N5O4.C22H20N6O3/c1-4-33-22(30)19-13-20(29-15-16(2)14-25-29)27-21(26-19)18-7-5-6-17(12-18)8-9-24(32)10-11-28(3)23(24)31;1-14-12-24-28(13-14)18-11-17(19(23)29)25-20(26-18)16-5-3-4-15(10-16)6-7-22(31)8-9-27(2)21(22)30/h5-7,12-15,32H,4,10-11H2,1-3H3;3-5,10-13,31H,8-9H2,1-2H3,(H2,23,29)/t24-;22-/m00/s1. The van der Waals surface area contributed by atoms with E-state index in [1.807, 2.05) is 13.8 Å². The van der Waals surface area contributed by atoms with Crippen LogP contribution in [0.2, 0.25) is 0 Å². The minimum absolute atomic E-state index is 0.0542. The highest BCUT2D eigenvalue weighted by Crippen LogP contribution is 2.25. The zero-order valence-corrected chi connectivity index (χ0v) is 35.6. The number of benzene rings is 2. The van der Waals surface area contributed by atoms with E-state index in [1.165, 1.54) is 26.6 Å². The minimum atomic E-state index is -1.68. The minimum Gasteiger partial charge on any atom is -0.461 e. The molecule has 2 saturated heterocycles. The van der Waals surface area contributed by atoms with Crippen molar-refractivity contribution in [1.29, 1.82) is 0 Å². The highest BCUT2D eigenvalue weighted by atomic mass is 16.5. The van der Waals surface area contributed by atoms with Crippen molar-refractivity contribution in [2.45, 2.75) is 44.8 Å². The number of aliphatic hydroxyl groups is 2. The molecule has 2 fully saturated rings. The molecule has 3 amide bonds. The monoisotopic (exact) mass is 861 g/mol. The normalized spacial score (nSPS) is 17.8. The summed E-state index contributed by atoms with van der Waals surface area (Å²) in [5, 5.41) is 29.5. The summed E-state index contributed by atoms with van der Waals surface area (Å²) in [7, 11) is 3.26. The number of carbonyl (C=O) groups is 4. The first-order valence-electron chi connectivity index (χ1n) is 20.1. The van der Waals surface area contributed by atoms with Crippen LogP contribution >= 0.6 is 0 Å². The van der Waals surface area contributed by atoms with Gasteiger partial charge in [0.05, 0.1) is 19.0 Å². The third-order valence-corrected chi connectivity index (χ3v) is 10.1. The van der Waals surface area contributed by atoms with E-state index in [4.69, 9.17) is 10.5 Å².